The third kappa shape index (κ3) is 3.57. The summed E-state index contributed by atoms with van der Waals surface area (Å²) in [5, 5.41) is 15.1. The smallest absolute Gasteiger partial charge is 0.0895 e. The van der Waals surface area contributed by atoms with Crippen LogP contribution in [0.2, 0.25) is 0 Å². The van der Waals surface area contributed by atoms with E-state index in [0.29, 0.717) is 5.92 Å². The summed E-state index contributed by atoms with van der Waals surface area (Å²) in [5.74, 6) is 0.455. The van der Waals surface area contributed by atoms with Crippen LogP contribution in [0.4, 0.5) is 0 Å². The largest absolute Gasteiger partial charge is 0.373 e. The minimum absolute atomic E-state index is 0.122. The first kappa shape index (κ1) is 17.0. The highest BCUT2D eigenvalue weighted by Gasteiger charge is 2.27. The molecule has 3 aromatic rings. The highest BCUT2D eigenvalue weighted by Crippen LogP contribution is 2.32. The minimum Gasteiger partial charge on any atom is -0.373 e. The van der Waals surface area contributed by atoms with Crippen molar-refractivity contribution in [3.63, 3.8) is 0 Å². The molecule has 0 spiro atoms. The number of hydrogen-bond acceptors (Lipinski definition) is 4. The number of rotatable bonds is 6. The Morgan fingerprint density at radius 2 is 2.23 bits per heavy atom. The molecule has 1 aliphatic rings. The molecule has 26 heavy (non-hydrogen) atoms. The second kappa shape index (κ2) is 7.85. The lowest BCUT2D eigenvalue weighted by Crippen LogP contribution is -2.32. The standard InChI is InChI=1S/C20H25N5O/c1-15-5-2-3-7-19(15)25-18(8-9-24-25)14-21-11-16-6-4-10-26-20(16)17-12-22-23-13-17/h2-3,5,7-9,12-13,16,20-21H,4,6,10-11,14H2,1H3,(H,22,23)/t16-,20+/m0/s1. The third-order valence-electron chi connectivity index (χ3n) is 5.07. The number of nitrogens with zero attached hydrogens (tertiary/aromatic N) is 3. The lowest BCUT2D eigenvalue weighted by molar-refractivity contribution is -0.0278. The molecule has 0 amide bonds. The average molecular weight is 351 g/mol. The molecule has 1 saturated heterocycles. The molecule has 6 nitrogen and oxygen atoms in total. The summed E-state index contributed by atoms with van der Waals surface area (Å²) in [5.41, 5.74) is 4.65. The van der Waals surface area contributed by atoms with Gasteiger partial charge in [-0.15, -0.1) is 0 Å². The van der Waals surface area contributed by atoms with Crippen LogP contribution in [0.3, 0.4) is 0 Å². The third-order valence-corrected chi connectivity index (χ3v) is 5.07. The van der Waals surface area contributed by atoms with E-state index in [1.54, 1.807) is 0 Å². The van der Waals surface area contributed by atoms with E-state index < -0.39 is 0 Å². The number of benzene rings is 1. The maximum absolute atomic E-state index is 6.01. The summed E-state index contributed by atoms with van der Waals surface area (Å²) < 4.78 is 8.04. The highest BCUT2D eigenvalue weighted by molar-refractivity contribution is 5.40. The van der Waals surface area contributed by atoms with Crippen LogP contribution in [0.1, 0.15) is 35.8 Å². The first-order valence-corrected chi connectivity index (χ1v) is 9.23. The Kier molecular flexibility index (Phi) is 5.13. The molecule has 2 atom stereocenters. The molecule has 0 unspecified atom stereocenters. The van der Waals surface area contributed by atoms with Crippen LogP contribution in [-0.4, -0.2) is 33.1 Å². The fraction of sp³-hybridized carbons (Fsp3) is 0.400. The van der Waals surface area contributed by atoms with E-state index in [1.807, 2.05) is 23.3 Å². The van der Waals surface area contributed by atoms with Gasteiger partial charge in [-0.2, -0.15) is 10.2 Å². The van der Waals surface area contributed by atoms with E-state index in [4.69, 9.17) is 4.74 Å². The molecule has 3 heterocycles. The molecule has 1 fully saturated rings. The number of H-pyrrole nitrogens is 1. The Hall–Kier alpha value is -2.44. The van der Waals surface area contributed by atoms with Gasteiger partial charge in [-0.25, -0.2) is 4.68 Å². The van der Waals surface area contributed by atoms with Crippen LogP contribution in [0.5, 0.6) is 0 Å². The van der Waals surface area contributed by atoms with Crippen molar-refractivity contribution in [2.45, 2.75) is 32.4 Å². The Morgan fingerprint density at radius 3 is 3.08 bits per heavy atom. The van der Waals surface area contributed by atoms with Gasteiger partial charge in [0.2, 0.25) is 0 Å². The first-order chi connectivity index (χ1) is 12.8. The Labute approximate surface area is 153 Å². The van der Waals surface area contributed by atoms with Crippen LogP contribution in [0.25, 0.3) is 5.69 Å². The second-order valence-electron chi connectivity index (χ2n) is 6.88. The van der Waals surface area contributed by atoms with E-state index in [9.17, 15) is 0 Å². The number of aromatic nitrogens is 4. The van der Waals surface area contributed by atoms with Gasteiger partial charge >= 0.3 is 0 Å². The summed E-state index contributed by atoms with van der Waals surface area (Å²) in [6, 6.07) is 10.4. The molecule has 6 heteroatoms. The fourth-order valence-corrected chi connectivity index (χ4v) is 3.71. The molecule has 136 valence electrons. The maximum atomic E-state index is 6.01. The van der Waals surface area contributed by atoms with Crippen LogP contribution < -0.4 is 5.32 Å². The van der Waals surface area contributed by atoms with E-state index in [1.165, 1.54) is 12.0 Å². The monoisotopic (exact) mass is 351 g/mol. The van der Waals surface area contributed by atoms with Gasteiger partial charge in [0.1, 0.15) is 0 Å². The Morgan fingerprint density at radius 1 is 1.31 bits per heavy atom. The molecule has 0 aliphatic carbocycles. The molecular weight excluding hydrogens is 326 g/mol. The average Bonchev–Trinajstić information content (AvgIpc) is 3.35. The van der Waals surface area contributed by atoms with E-state index in [-0.39, 0.29) is 6.10 Å². The zero-order chi connectivity index (χ0) is 17.8. The first-order valence-electron chi connectivity index (χ1n) is 9.23. The summed E-state index contributed by atoms with van der Waals surface area (Å²) in [7, 11) is 0. The Bertz CT molecular complexity index is 826. The second-order valence-corrected chi connectivity index (χ2v) is 6.88. The molecule has 2 aromatic heterocycles. The van der Waals surface area contributed by atoms with Gasteiger partial charge in [-0.3, -0.25) is 5.10 Å². The predicted octanol–water partition coefficient (Wildman–Crippen LogP) is 3.16. The van der Waals surface area contributed by atoms with E-state index >= 15 is 0 Å². The summed E-state index contributed by atoms with van der Waals surface area (Å²) >= 11 is 0. The van der Waals surface area contributed by atoms with Crippen molar-refractivity contribution < 1.29 is 4.74 Å². The molecule has 0 saturated carbocycles. The molecule has 0 bridgehead atoms. The van der Waals surface area contributed by atoms with Gasteiger partial charge in [0.15, 0.2) is 0 Å². The molecule has 4 rings (SSSR count). The molecule has 2 N–H and O–H groups in total. The zero-order valence-corrected chi connectivity index (χ0v) is 15.1. The zero-order valence-electron chi connectivity index (χ0n) is 15.1. The van der Waals surface area contributed by atoms with Gasteiger partial charge < -0.3 is 10.1 Å². The fourth-order valence-electron chi connectivity index (χ4n) is 3.71. The van der Waals surface area contributed by atoms with Gasteiger partial charge in [0.25, 0.3) is 0 Å². The lowest BCUT2D eigenvalue weighted by atomic mass is 9.91. The van der Waals surface area contributed by atoms with Crippen molar-refractivity contribution in [1.82, 2.24) is 25.3 Å². The predicted molar refractivity (Wildman–Crippen MR) is 100 cm³/mol. The maximum Gasteiger partial charge on any atom is 0.0895 e. The summed E-state index contributed by atoms with van der Waals surface area (Å²) in [4.78, 5) is 0. The summed E-state index contributed by atoms with van der Waals surface area (Å²) in [6.45, 7) is 4.63. The van der Waals surface area contributed by atoms with E-state index in [2.05, 4.69) is 57.9 Å². The molecule has 0 radical (unpaired) electrons. The molecule has 1 aliphatic heterocycles. The van der Waals surface area contributed by atoms with Crippen molar-refractivity contribution in [3.05, 3.63) is 65.7 Å². The normalized spacial score (nSPS) is 20.3. The van der Waals surface area contributed by atoms with Gasteiger partial charge in [0, 0.05) is 43.6 Å². The number of aromatic amines is 1. The number of aryl methyl sites for hydroxylation is 1. The van der Waals surface area contributed by atoms with Crippen LogP contribution in [0.15, 0.2) is 48.9 Å². The number of hydrogen-bond donors (Lipinski definition) is 2. The van der Waals surface area contributed by atoms with Crippen molar-refractivity contribution in [1.29, 1.82) is 0 Å². The summed E-state index contributed by atoms with van der Waals surface area (Å²) in [6.07, 6.45) is 8.08. The Balaban J connectivity index is 1.41. The van der Waals surface area contributed by atoms with Crippen molar-refractivity contribution in [3.8, 4) is 5.69 Å². The number of para-hydroxylation sites is 1. The number of ether oxygens (including phenoxy) is 1. The van der Waals surface area contributed by atoms with Crippen molar-refractivity contribution in [2.24, 2.45) is 5.92 Å². The van der Waals surface area contributed by atoms with Crippen LogP contribution in [-0.2, 0) is 11.3 Å². The van der Waals surface area contributed by atoms with Gasteiger partial charge in [-0.1, -0.05) is 18.2 Å². The van der Waals surface area contributed by atoms with Crippen LogP contribution >= 0.6 is 0 Å². The minimum atomic E-state index is 0.122. The van der Waals surface area contributed by atoms with E-state index in [0.717, 1.165) is 43.1 Å². The van der Waals surface area contributed by atoms with Crippen molar-refractivity contribution in [2.75, 3.05) is 13.2 Å². The topological polar surface area (TPSA) is 67.8 Å². The van der Waals surface area contributed by atoms with Crippen LogP contribution in [0, 0.1) is 12.8 Å². The lowest BCUT2D eigenvalue weighted by Gasteiger charge is -2.31. The van der Waals surface area contributed by atoms with Crippen molar-refractivity contribution >= 4 is 0 Å². The highest BCUT2D eigenvalue weighted by atomic mass is 16.5. The molecular formula is C20H25N5O. The quantitative estimate of drug-likeness (QED) is 0.716. The van der Waals surface area contributed by atoms with Gasteiger partial charge in [-0.05, 0) is 37.5 Å². The SMILES string of the molecule is Cc1ccccc1-n1nccc1CNC[C@@H]1CCCO[C@H]1c1cn[nH]c1. The molecule has 1 aromatic carbocycles. The number of nitrogens with one attached hydrogen (secondary N) is 2. The van der Waals surface area contributed by atoms with Gasteiger partial charge in [0.05, 0.1) is 23.7 Å².